The van der Waals surface area contributed by atoms with Crippen molar-refractivity contribution in [1.82, 2.24) is 14.5 Å². The molecule has 2 atom stereocenters. The molecule has 2 rings (SSSR count). The maximum absolute atomic E-state index is 13.4. The van der Waals surface area contributed by atoms with Crippen molar-refractivity contribution in [2.24, 2.45) is 0 Å². The molecule has 0 aliphatic carbocycles. The molecule has 0 aromatic heterocycles. The van der Waals surface area contributed by atoms with E-state index >= 15 is 0 Å². The van der Waals surface area contributed by atoms with Gasteiger partial charge in [0.1, 0.15) is 6.04 Å². The lowest BCUT2D eigenvalue weighted by atomic mass is 10.1. The van der Waals surface area contributed by atoms with Gasteiger partial charge in [-0.05, 0) is 50.8 Å². The van der Waals surface area contributed by atoms with Gasteiger partial charge in [0, 0.05) is 32.6 Å². The van der Waals surface area contributed by atoms with Crippen molar-refractivity contribution in [3.05, 3.63) is 65.7 Å². The Bertz CT molecular complexity index is 1070. The predicted molar refractivity (Wildman–Crippen MR) is 139 cm³/mol. The van der Waals surface area contributed by atoms with Gasteiger partial charge in [-0.3, -0.25) is 9.59 Å². The van der Waals surface area contributed by atoms with Crippen LogP contribution in [0.1, 0.15) is 57.6 Å². The Morgan fingerprint density at radius 2 is 1.69 bits per heavy atom. The number of amides is 2. The fourth-order valence-electron chi connectivity index (χ4n) is 3.86. The van der Waals surface area contributed by atoms with Crippen molar-refractivity contribution in [2.75, 3.05) is 13.6 Å². The van der Waals surface area contributed by atoms with Crippen LogP contribution in [0.5, 0.6) is 0 Å². The summed E-state index contributed by atoms with van der Waals surface area (Å²) in [6.45, 7) is 8.37. The van der Waals surface area contributed by atoms with Crippen molar-refractivity contribution in [2.45, 2.75) is 76.9 Å². The maximum atomic E-state index is 13.4. The SMILES string of the molecule is CC[C@@H](C)NC(=O)[C@@H](CC)N(Cc1cccc(C)c1)C(=O)CCCN(C)S(=O)(=O)c1ccccc1. The van der Waals surface area contributed by atoms with Gasteiger partial charge < -0.3 is 10.2 Å². The molecule has 192 valence electrons. The van der Waals surface area contributed by atoms with Crippen LogP contribution in [0.15, 0.2) is 59.5 Å². The molecule has 0 aliphatic rings. The van der Waals surface area contributed by atoms with Crippen LogP contribution >= 0.6 is 0 Å². The van der Waals surface area contributed by atoms with Crippen LogP contribution < -0.4 is 5.32 Å². The maximum Gasteiger partial charge on any atom is 0.243 e. The number of nitrogens with zero attached hydrogens (tertiary/aromatic N) is 2. The van der Waals surface area contributed by atoms with E-state index in [4.69, 9.17) is 0 Å². The number of aryl methyl sites for hydroxylation is 1. The van der Waals surface area contributed by atoms with Crippen LogP contribution in [0, 0.1) is 6.92 Å². The Labute approximate surface area is 210 Å². The van der Waals surface area contributed by atoms with Crippen LogP contribution in [0.25, 0.3) is 0 Å². The zero-order chi connectivity index (χ0) is 26.0. The zero-order valence-corrected chi connectivity index (χ0v) is 22.3. The number of sulfonamides is 1. The second kappa shape index (κ2) is 13.4. The third-order valence-electron chi connectivity index (χ3n) is 6.14. The molecule has 35 heavy (non-hydrogen) atoms. The Hall–Kier alpha value is -2.71. The first-order valence-corrected chi connectivity index (χ1v) is 13.7. The zero-order valence-electron chi connectivity index (χ0n) is 21.5. The fraction of sp³-hybridized carbons (Fsp3) is 0.481. The molecule has 0 aliphatic heterocycles. The molecule has 8 heteroatoms. The monoisotopic (exact) mass is 501 g/mol. The molecule has 0 bridgehead atoms. The van der Waals surface area contributed by atoms with E-state index in [0.717, 1.165) is 17.5 Å². The van der Waals surface area contributed by atoms with E-state index in [9.17, 15) is 18.0 Å². The standard InChI is InChI=1S/C27H39N3O4S/c1-6-22(4)28-27(32)25(7-2)30(20-23-14-11-13-21(3)19-23)26(31)17-12-18-29(5)35(33,34)24-15-9-8-10-16-24/h8-11,13-16,19,22,25H,6-7,12,17-18,20H2,1-5H3,(H,28,32)/t22-,25-/m1/s1. The molecule has 2 amide bonds. The summed E-state index contributed by atoms with van der Waals surface area (Å²) < 4.78 is 26.8. The quantitative estimate of drug-likeness (QED) is 0.447. The van der Waals surface area contributed by atoms with Gasteiger partial charge in [0.2, 0.25) is 21.8 Å². The van der Waals surface area contributed by atoms with Gasteiger partial charge in [0.25, 0.3) is 0 Å². The molecule has 1 N–H and O–H groups in total. The Morgan fingerprint density at radius 3 is 2.29 bits per heavy atom. The van der Waals surface area contributed by atoms with Crippen molar-refractivity contribution >= 4 is 21.8 Å². The van der Waals surface area contributed by atoms with Crippen molar-refractivity contribution < 1.29 is 18.0 Å². The second-order valence-electron chi connectivity index (χ2n) is 9.00. The number of benzene rings is 2. The molecule has 0 spiro atoms. The van der Waals surface area contributed by atoms with Gasteiger partial charge in [0.05, 0.1) is 4.90 Å². The molecule has 0 saturated carbocycles. The third kappa shape index (κ3) is 8.18. The molecule has 2 aromatic rings. The van der Waals surface area contributed by atoms with Crippen LogP contribution in [0.2, 0.25) is 0 Å². The lowest BCUT2D eigenvalue weighted by Gasteiger charge is -2.32. The molecule has 0 fully saturated rings. The first-order valence-electron chi connectivity index (χ1n) is 12.3. The lowest BCUT2D eigenvalue weighted by molar-refractivity contribution is -0.141. The molecule has 0 heterocycles. The van der Waals surface area contributed by atoms with Crippen molar-refractivity contribution in [1.29, 1.82) is 0 Å². The number of hydrogen-bond acceptors (Lipinski definition) is 4. The summed E-state index contributed by atoms with van der Waals surface area (Å²) in [6.07, 6.45) is 1.79. The van der Waals surface area contributed by atoms with Gasteiger partial charge in [-0.15, -0.1) is 0 Å². The molecular formula is C27H39N3O4S. The van der Waals surface area contributed by atoms with Gasteiger partial charge in [-0.25, -0.2) is 12.7 Å². The molecule has 7 nitrogen and oxygen atoms in total. The van der Waals surface area contributed by atoms with Crippen molar-refractivity contribution in [3.63, 3.8) is 0 Å². The highest BCUT2D eigenvalue weighted by molar-refractivity contribution is 7.89. The van der Waals surface area contributed by atoms with E-state index in [1.54, 1.807) is 35.2 Å². The first kappa shape index (κ1) is 28.5. The van der Waals surface area contributed by atoms with E-state index in [2.05, 4.69) is 5.32 Å². The molecule has 0 unspecified atom stereocenters. The highest BCUT2D eigenvalue weighted by Crippen LogP contribution is 2.17. The highest BCUT2D eigenvalue weighted by Gasteiger charge is 2.29. The Morgan fingerprint density at radius 1 is 1.00 bits per heavy atom. The van der Waals surface area contributed by atoms with E-state index in [0.29, 0.717) is 19.4 Å². The van der Waals surface area contributed by atoms with E-state index < -0.39 is 16.1 Å². The topological polar surface area (TPSA) is 86.8 Å². The van der Waals surface area contributed by atoms with Gasteiger partial charge in [-0.2, -0.15) is 0 Å². The minimum atomic E-state index is -3.62. The smallest absolute Gasteiger partial charge is 0.243 e. The summed E-state index contributed by atoms with van der Waals surface area (Å²) in [6, 6.07) is 15.6. The number of hydrogen-bond donors (Lipinski definition) is 1. The number of carbonyl (C=O) groups excluding carboxylic acids is 2. The lowest BCUT2D eigenvalue weighted by Crippen LogP contribution is -2.50. The summed E-state index contributed by atoms with van der Waals surface area (Å²) in [4.78, 5) is 28.3. The summed E-state index contributed by atoms with van der Waals surface area (Å²) >= 11 is 0. The largest absolute Gasteiger partial charge is 0.352 e. The highest BCUT2D eigenvalue weighted by atomic mass is 32.2. The summed E-state index contributed by atoms with van der Waals surface area (Å²) in [5, 5.41) is 3.01. The first-order chi connectivity index (χ1) is 16.6. The van der Waals surface area contributed by atoms with Crippen LogP contribution in [0.4, 0.5) is 0 Å². The van der Waals surface area contributed by atoms with Gasteiger partial charge in [-0.1, -0.05) is 61.9 Å². The van der Waals surface area contributed by atoms with E-state index in [-0.39, 0.29) is 35.7 Å². The van der Waals surface area contributed by atoms with Crippen LogP contribution in [0.3, 0.4) is 0 Å². The minimum Gasteiger partial charge on any atom is -0.352 e. The van der Waals surface area contributed by atoms with Crippen molar-refractivity contribution in [3.8, 4) is 0 Å². The molecule has 2 aromatic carbocycles. The third-order valence-corrected chi connectivity index (χ3v) is 8.01. The van der Waals surface area contributed by atoms with Gasteiger partial charge >= 0.3 is 0 Å². The van der Waals surface area contributed by atoms with Crippen LogP contribution in [-0.2, 0) is 26.2 Å². The second-order valence-corrected chi connectivity index (χ2v) is 11.0. The average Bonchev–Trinajstić information content (AvgIpc) is 2.84. The number of nitrogens with one attached hydrogen (secondary N) is 1. The Balaban J connectivity index is 2.14. The van der Waals surface area contributed by atoms with Gasteiger partial charge in [0.15, 0.2) is 0 Å². The number of carbonyl (C=O) groups is 2. The average molecular weight is 502 g/mol. The Kier molecular flexibility index (Phi) is 10.9. The molecule has 0 saturated heterocycles. The predicted octanol–water partition coefficient (Wildman–Crippen LogP) is 4.12. The summed E-state index contributed by atoms with van der Waals surface area (Å²) in [7, 11) is -2.10. The number of rotatable bonds is 13. The summed E-state index contributed by atoms with van der Waals surface area (Å²) in [5.41, 5.74) is 2.04. The molecular weight excluding hydrogens is 462 g/mol. The minimum absolute atomic E-state index is 0.0179. The molecule has 0 radical (unpaired) electrons. The van der Waals surface area contributed by atoms with Crippen LogP contribution in [-0.4, -0.2) is 55.1 Å². The van der Waals surface area contributed by atoms with E-state index in [1.807, 2.05) is 52.0 Å². The normalized spacial score (nSPS) is 13.3. The fourth-order valence-corrected chi connectivity index (χ4v) is 5.09. The summed E-state index contributed by atoms with van der Waals surface area (Å²) in [5.74, 6) is -0.324. The van der Waals surface area contributed by atoms with E-state index in [1.165, 1.54) is 11.4 Å².